The monoisotopic (exact) mass is 358 g/mol. The Labute approximate surface area is 150 Å². The number of likely N-dealkylation sites (N-methyl/N-ethyl adjacent to an activating group) is 2. The molecule has 2 heterocycles. The van der Waals surface area contributed by atoms with Crippen molar-refractivity contribution in [3.63, 3.8) is 0 Å². The first kappa shape index (κ1) is 17.6. The van der Waals surface area contributed by atoms with Gasteiger partial charge in [-0.3, -0.25) is 14.6 Å². The summed E-state index contributed by atoms with van der Waals surface area (Å²) in [5.74, 6) is -1.16. The number of amides is 3. The quantitative estimate of drug-likeness (QED) is 0.765. The average molecular weight is 358 g/mol. The van der Waals surface area contributed by atoms with E-state index in [1.54, 1.807) is 0 Å². The van der Waals surface area contributed by atoms with Gasteiger partial charge in [-0.15, -0.1) is 0 Å². The third-order valence-electron chi connectivity index (χ3n) is 4.55. The van der Waals surface area contributed by atoms with Crippen molar-refractivity contribution in [2.45, 2.75) is 19.9 Å². The lowest BCUT2D eigenvalue weighted by Gasteiger charge is -2.31. The molecule has 0 aliphatic carbocycles. The van der Waals surface area contributed by atoms with Crippen LogP contribution in [0.15, 0.2) is 23.2 Å². The summed E-state index contributed by atoms with van der Waals surface area (Å²) in [6.45, 7) is 3.41. The first-order valence-electron chi connectivity index (χ1n) is 8.05. The summed E-state index contributed by atoms with van der Waals surface area (Å²) < 4.78 is 1.37. The number of nitrogens with one attached hydrogen (secondary N) is 1. The van der Waals surface area contributed by atoms with Crippen LogP contribution in [0.5, 0.6) is 0 Å². The number of fused-ring (bicyclic) bond motifs is 1. The van der Waals surface area contributed by atoms with Gasteiger partial charge in [0.05, 0.1) is 0 Å². The molecular formula is C17H20N5O4+. The molecule has 2 N–H and O–H groups in total. The number of carbonyl (C=O) groups excluding carboxylic acids is 2. The number of rotatable bonds is 3. The third kappa shape index (κ3) is 2.71. The van der Waals surface area contributed by atoms with Gasteiger partial charge in [-0.1, -0.05) is 23.2 Å². The number of carbonyl (C=O) groups is 3. The molecule has 1 atom stereocenters. The van der Waals surface area contributed by atoms with Gasteiger partial charge in [-0.2, -0.15) is 0 Å². The molecule has 26 heavy (non-hydrogen) atoms. The number of nitrogens with zero attached hydrogens (tertiary/aromatic N) is 4. The first-order chi connectivity index (χ1) is 12.2. The van der Waals surface area contributed by atoms with E-state index < -0.39 is 30.5 Å². The smallest absolute Gasteiger partial charge is 0.395 e. The van der Waals surface area contributed by atoms with E-state index >= 15 is 0 Å². The van der Waals surface area contributed by atoms with Crippen molar-refractivity contribution < 1.29 is 24.1 Å². The van der Waals surface area contributed by atoms with Crippen LogP contribution in [0.2, 0.25) is 0 Å². The fraction of sp³-hybridized carbons (Fsp3) is 0.353. The molecule has 136 valence electrons. The molecule has 9 nitrogen and oxygen atoms in total. The summed E-state index contributed by atoms with van der Waals surface area (Å²) in [7, 11) is 2.88. The fourth-order valence-electron chi connectivity index (χ4n) is 3.13. The number of guanidine groups is 1. The molecule has 1 fully saturated rings. The minimum atomic E-state index is -1.10. The maximum atomic E-state index is 12.6. The molecule has 1 aromatic carbocycles. The van der Waals surface area contributed by atoms with E-state index in [-0.39, 0.29) is 11.8 Å². The van der Waals surface area contributed by atoms with Crippen LogP contribution in [0, 0.1) is 13.8 Å². The highest BCUT2D eigenvalue weighted by atomic mass is 16.4. The van der Waals surface area contributed by atoms with Crippen LogP contribution in [-0.2, 0) is 9.59 Å². The first-order valence-corrected chi connectivity index (χ1v) is 8.05. The average Bonchev–Trinajstić information content (AvgIpc) is 2.92. The van der Waals surface area contributed by atoms with Crippen molar-refractivity contribution in [2.75, 3.05) is 26.0 Å². The van der Waals surface area contributed by atoms with Gasteiger partial charge in [-0.05, 0) is 25.0 Å². The molecule has 0 bridgehead atoms. The van der Waals surface area contributed by atoms with Crippen LogP contribution in [0.1, 0.15) is 11.1 Å². The van der Waals surface area contributed by atoms with Gasteiger partial charge in [0.1, 0.15) is 5.69 Å². The van der Waals surface area contributed by atoms with E-state index in [4.69, 9.17) is 0 Å². The van der Waals surface area contributed by atoms with E-state index in [0.717, 1.165) is 21.7 Å². The Morgan fingerprint density at radius 1 is 1.23 bits per heavy atom. The Morgan fingerprint density at radius 3 is 2.42 bits per heavy atom. The van der Waals surface area contributed by atoms with Gasteiger partial charge >= 0.3 is 18.0 Å². The second-order valence-electron chi connectivity index (χ2n) is 6.35. The van der Waals surface area contributed by atoms with Crippen molar-refractivity contribution in [3.05, 3.63) is 29.3 Å². The van der Waals surface area contributed by atoms with Crippen molar-refractivity contribution in [2.24, 2.45) is 4.99 Å². The molecule has 3 rings (SSSR count). The molecule has 0 aromatic heterocycles. The molecule has 3 amide bonds. The second kappa shape index (κ2) is 6.25. The van der Waals surface area contributed by atoms with Gasteiger partial charge < -0.3 is 5.11 Å². The third-order valence-corrected chi connectivity index (χ3v) is 4.55. The van der Waals surface area contributed by atoms with E-state index in [9.17, 15) is 19.5 Å². The predicted octanol–water partition coefficient (Wildman–Crippen LogP) is 0.473. The standard InChI is InChI=1S/C17H19N5O4/c1-9-6-5-7-10(2)12(9)18-16-19-14-13(22(16)8-11(23)24)15(25)21(4)17(26)20(14)3/h5-7,13H,8H2,1-4H3,(H,23,24)/p+1. The highest BCUT2D eigenvalue weighted by Gasteiger charge is 2.51. The Morgan fingerprint density at radius 2 is 1.85 bits per heavy atom. The Bertz CT molecular complexity index is 869. The maximum absolute atomic E-state index is 12.6. The van der Waals surface area contributed by atoms with Gasteiger partial charge in [0, 0.05) is 14.1 Å². The van der Waals surface area contributed by atoms with Crippen LogP contribution in [-0.4, -0.2) is 75.9 Å². The van der Waals surface area contributed by atoms with E-state index in [2.05, 4.69) is 10.3 Å². The SMILES string of the molecule is Cc1cccc(C)c1NC1=[N+](CC(=O)O)C2C(=O)N(C)C(=O)N(C)C2=N1. The molecule has 2 aliphatic rings. The zero-order valence-corrected chi connectivity index (χ0v) is 15.0. The summed E-state index contributed by atoms with van der Waals surface area (Å²) in [6, 6.07) is 4.29. The van der Waals surface area contributed by atoms with E-state index in [1.165, 1.54) is 23.6 Å². The summed E-state index contributed by atoms with van der Waals surface area (Å²) in [5, 5.41) is 12.4. The number of urea groups is 1. The number of carboxylic acids is 1. The zero-order valence-electron chi connectivity index (χ0n) is 15.0. The fourth-order valence-corrected chi connectivity index (χ4v) is 3.13. The van der Waals surface area contributed by atoms with E-state index in [0.29, 0.717) is 0 Å². The number of carboxylic acid groups (broad SMARTS) is 1. The molecule has 2 aliphatic heterocycles. The Kier molecular flexibility index (Phi) is 4.23. The second-order valence-corrected chi connectivity index (χ2v) is 6.35. The minimum Gasteiger partial charge on any atom is -0.479 e. The number of para-hydroxylation sites is 1. The number of amidine groups is 1. The molecule has 0 saturated carbocycles. The highest BCUT2D eigenvalue weighted by molar-refractivity contribution is 6.23. The summed E-state index contributed by atoms with van der Waals surface area (Å²) in [6.07, 6.45) is 0. The zero-order chi connectivity index (χ0) is 19.2. The van der Waals surface area contributed by atoms with Crippen LogP contribution >= 0.6 is 0 Å². The van der Waals surface area contributed by atoms with Crippen LogP contribution < -0.4 is 5.32 Å². The summed E-state index contributed by atoms with van der Waals surface area (Å²) >= 11 is 0. The van der Waals surface area contributed by atoms with E-state index in [1.807, 2.05) is 32.0 Å². The number of hydrogen-bond donors (Lipinski definition) is 2. The van der Waals surface area contributed by atoms with Crippen LogP contribution in [0.4, 0.5) is 10.5 Å². The van der Waals surface area contributed by atoms with Gasteiger partial charge in [-0.25, -0.2) is 19.5 Å². The summed E-state index contributed by atoms with van der Waals surface area (Å²) in [5.41, 5.74) is 2.70. The molecule has 0 spiro atoms. The largest absolute Gasteiger partial charge is 0.479 e. The van der Waals surface area contributed by atoms with Crippen molar-refractivity contribution in [1.82, 2.24) is 9.80 Å². The van der Waals surface area contributed by atoms with Crippen LogP contribution in [0.3, 0.4) is 0 Å². The van der Waals surface area contributed by atoms with Gasteiger partial charge in [0.2, 0.25) is 11.9 Å². The normalized spacial score (nSPS) is 19.7. The minimum absolute atomic E-state index is 0.216. The van der Waals surface area contributed by atoms with Crippen molar-refractivity contribution in [3.8, 4) is 0 Å². The van der Waals surface area contributed by atoms with Crippen LogP contribution in [0.25, 0.3) is 0 Å². The number of aliphatic carboxylic acids is 1. The molecule has 1 unspecified atom stereocenters. The predicted molar refractivity (Wildman–Crippen MR) is 94.5 cm³/mol. The Hall–Kier alpha value is -3.23. The number of benzene rings is 1. The molecular weight excluding hydrogens is 338 g/mol. The number of aliphatic imine (C=N–C) groups is 1. The number of imide groups is 1. The lowest BCUT2D eigenvalue weighted by atomic mass is 10.1. The maximum Gasteiger partial charge on any atom is 0.395 e. The molecule has 1 saturated heterocycles. The molecule has 9 heteroatoms. The highest BCUT2D eigenvalue weighted by Crippen LogP contribution is 2.23. The summed E-state index contributed by atoms with van der Waals surface area (Å²) in [4.78, 5) is 42.7. The number of aryl methyl sites for hydroxylation is 2. The lowest BCUT2D eigenvalue weighted by molar-refractivity contribution is -0.525. The molecule has 0 radical (unpaired) electrons. The number of anilines is 1. The van der Waals surface area contributed by atoms with Crippen molar-refractivity contribution in [1.29, 1.82) is 0 Å². The topological polar surface area (TPSA) is 105 Å². The lowest BCUT2D eigenvalue weighted by Crippen LogP contribution is -2.61. The Balaban J connectivity index is 2.10. The number of hydrogen-bond acceptors (Lipinski definition) is 5. The van der Waals surface area contributed by atoms with Crippen molar-refractivity contribution >= 4 is 35.4 Å². The van der Waals surface area contributed by atoms with Gasteiger partial charge in [0.25, 0.3) is 5.91 Å². The van der Waals surface area contributed by atoms with Gasteiger partial charge in [0.15, 0.2) is 6.54 Å². The molecule has 1 aromatic rings.